The molecule has 0 atom stereocenters. The number of hydrogen-bond acceptors (Lipinski definition) is 5. The Bertz CT molecular complexity index is 1340. The van der Waals surface area contributed by atoms with Crippen LogP contribution in [0.2, 0.25) is 0 Å². The van der Waals surface area contributed by atoms with Crippen LogP contribution in [-0.2, 0) is 14.4 Å². The van der Waals surface area contributed by atoms with Gasteiger partial charge in [-0.3, -0.25) is 24.6 Å². The minimum atomic E-state index is -0.676. The summed E-state index contributed by atoms with van der Waals surface area (Å²) in [5.41, 5.74) is 2.25. The second-order valence-corrected chi connectivity index (χ2v) is 8.06. The quantitative estimate of drug-likeness (QED) is 0.311. The van der Waals surface area contributed by atoms with Gasteiger partial charge in [-0.1, -0.05) is 35.9 Å². The second kappa shape index (κ2) is 10.3. The van der Waals surface area contributed by atoms with E-state index in [2.05, 4.69) is 10.6 Å². The summed E-state index contributed by atoms with van der Waals surface area (Å²) in [5.74, 6) is -1.87. The third-order valence-electron chi connectivity index (χ3n) is 5.10. The third kappa shape index (κ3) is 5.59. The molecule has 3 aromatic carbocycles. The number of anilines is 2. The Hall–Kier alpha value is -4.37. The van der Waals surface area contributed by atoms with Crippen molar-refractivity contribution >= 4 is 52.5 Å². The third-order valence-corrected chi connectivity index (χ3v) is 5.38. The first-order valence-corrected chi connectivity index (χ1v) is 11.0. The molecule has 2 N–H and O–H groups in total. The standard InChI is InChI=1S/C26H20FN3O4S/c1-16-6-10-19(11-7-16)28-23(31)15-34-22-5-3-2-4-17(22)14-21-24(32)29-26(35)30(25(21)33)20-12-8-18(27)9-13-20/h2-14H,15H2,1H3,(H,28,31)(H,29,32,35)/b21-14+. The Morgan fingerprint density at radius 3 is 2.46 bits per heavy atom. The Kier molecular flexibility index (Phi) is 6.98. The molecular formula is C26H20FN3O4S. The van der Waals surface area contributed by atoms with Crippen LogP contribution in [0.3, 0.4) is 0 Å². The topological polar surface area (TPSA) is 87.7 Å². The van der Waals surface area contributed by atoms with Crippen molar-refractivity contribution in [1.29, 1.82) is 0 Å². The van der Waals surface area contributed by atoms with E-state index in [1.807, 2.05) is 19.1 Å². The zero-order chi connectivity index (χ0) is 24.9. The van der Waals surface area contributed by atoms with Gasteiger partial charge < -0.3 is 10.1 Å². The van der Waals surface area contributed by atoms with E-state index < -0.39 is 17.6 Å². The zero-order valence-corrected chi connectivity index (χ0v) is 19.4. The molecule has 9 heteroatoms. The summed E-state index contributed by atoms with van der Waals surface area (Å²) in [6.45, 7) is 1.67. The first kappa shape index (κ1) is 23.8. The molecule has 0 saturated carbocycles. The van der Waals surface area contributed by atoms with Gasteiger partial charge in [-0.25, -0.2) is 4.39 Å². The fourth-order valence-electron chi connectivity index (χ4n) is 3.35. The van der Waals surface area contributed by atoms with Crippen LogP contribution in [0.1, 0.15) is 11.1 Å². The van der Waals surface area contributed by atoms with Crippen molar-refractivity contribution in [2.45, 2.75) is 6.92 Å². The van der Waals surface area contributed by atoms with Gasteiger partial charge in [-0.15, -0.1) is 0 Å². The van der Waals surface area contributed by atoms with Gasteiger partial charge in [-0.05, 0) is 67.7 Å². The number of thiocarbonyl (C=S) groups is 1. The Labute approximate surface area is 206 Å². The van der Waals surface area contributed by atoms with Crippen LogP contribution in [0.5, 0.6) is 5.75 Å². The van der Waals surface area contributed by atoms with Crippen molar-refractivity contribution < 1.29 is 23.5 Å². The van der Waals surface area contributed by atoms with Gasteiger partial charge in [0.1, 0.15) is 17.1 Å². The number of amides is 3. The molecule has 0 aromatic heterocycles. The van der Waals surface area contributed by atoms with Crippen molar-refractivity contribution in [2.75, 3.05) is 16.8 Å². The van der Waals surface area contributed by atoms with E-state index in [-0.39, 0.29) is 23.2 Å². The van der Waals surface area contributed by atoms with Crippen LogP contribution < -0.4 is 20.3 Å². The molecule has 176 valence electrons. The van der Waals surface area contributed by atoms with Gasteiger partial charge in [0.15, 0.2) is 11.7 Å². The molecule has 0 aliphatic carbocycles. The maximum atomic E-state index is 13.3. The minimum absolute atomic E-state index is 0.110. The van der Waals surface area contributed by atoms with Crippen LogP contribution in [0.4, 0.5) is 15.8 Å². The normalized spacial score (nSPS) is 14.6. The van der Waals surface area contributed by atoms with Crippen LogP contribution in [-0.4, -0.2) is 29.4 Å². The summed E-state index contributed by atoms with van der Waals surface area (Å²) in [5, 5.41) is 5.11. The molecule has 1 saturated heterocycles. The number of rotatable bonds is 6. The minimum Gasteiger partial charge on any atom is -0.483 e. The molecule has 1 fully saturated rings. The van der Waals surface area contributed by atoms with E-state index in [0.717, 1.165) is 10.5 Å². The summed E-state index contributed by atoms with van der Waals surface area (Å²) in [7, 11) is 0. The molecule has 3 aromatic rings. The first-order chi connectivity index (χ1) is 16.8. The van der Waals surface area contributed by atoms with Gasteiger partial charge in [0.25, 0.3) is 17.7 Å². The molecule has 0 unspecified atom stereocenters. The number of benzene rings is 3. The molecule has 1 aliphatic heterocycles. The van der Waals surface area contributed by atoms with Crippen molar-refractivity contribution in [3.05, 3.63) is 95.3 Å². The van der Waals surface area contributed by atoms with Crippen molar-refractivity contribution in [3.8, 4) is 5.75 Å². The predicted octanol–water partition coefficient (Wildman–Crippen LogP) is 3.98. The number of para-hydroxylation sites is 1. The average molecular weight is 490 g/mol. The lowest BCUT2D eigenvalue weighted by molar-refractivity contribution is -0.122. The highest BCUT2D eigenvalue weighted by molar-refractivity contribution is 7.80. The number of aryl methyl sites for hydroxylation is 1. The van der Waals surface area contributed by atoms with Gasteiger partial charge in [0.05, 0.1) is 5.69 Å². The fraction of sp³-hybridized carbons (Fsp3) is 0.0769. The van der Waals surface area contributed by atoms with Crippen LogP contribution >= 0.6 is 12.2 Å². The van der Waals surface area contributed by atoms with Crippen LogP contribution in [0.25, 0.3) is 6.08 Å². The summed E-state index contributed by atoms with van der Waals surface area (Å²) in [4.78, 5) is 39.2. The number of carbonyl (C=O) groups excluding carboxylic acids is 3. The van der Waals surface area contributed by atoms with Crippen LogP contribution in [0.15, 0.2) is 78.4 Å². The Morgan fingerprint density at radius 2 is 1.74 bits per heavy atom. The monoisotopic (exact) mass is 489 g/mol. The van der Waals surface area contributed by atoms with Crippen molar-refractivity contribution in [2.24, 2.45) is 0 Å². The Balaban J connectivity index is 1.53. The average Bonchev–Trinajstić information content (AvgIpc) is 2.83. The summed E-state index contributed by atoms with van der Waals surface area (Å²) in [6, 6.07) is 19.2. The molecular weight excluding hydrogens is 469 g/mol. The van der Waals surface area contributed by atoms with E-state index >= 15 is 0 Å². The lowest BCUT2D eigenvalue weighted by Crippen LogP contribution is -2.54. The van der Waals surface area contributed by atoms with Gasteiger partial charge in [0, 0.05) is 11.3 Å². The van der Waals surface area contributed by atoms with Gasteiger partial charge in [0.2, 0.25) is 0 Å². The lowest BCUT2D eigenvalue weighted by Gasteiger charge is -2.29. The number of nitrogens with zero attached hydrogens (tertiary/aromatic N) is 1. The number of halogens is 1. The predicted molar refractivity (Wildman–Crippen MR) is 134 cm³/mol. The van der Waals surface area contributed by atoms with Gasteiger partial charge >= 0.3 is 0 Å². The van der Waals surface area contributed by atoms with Crippen molar-refractivity contribution in [3.63, 3.8) is 0 Å². The van der Waals surface area contributed by atoms with E-state index in [1.165, 1.54) is 30.3 Å². The van der Waals surface area contributed by atoms with Gasteiger partial charge in [-0.2, -0.15) is 0 Å². The second-order valence-electron chi connectivity index (χ2n) is 7.67. The number of carbonyl (C=O) groups is 3. The molecule has 1 aliphatic rings. The highest BCUT2D eigenvalue weighted by Crippen LogP contribution is 2.26. The maximum Gasteiger partial charge on any atom is 0.270 e. The maximum absolute atomic E-state index is 13.3. The van der Waals surface area contributed by atoms with E-state index in [4.69, 9.17) is 17.0 Å². The van der Waals surface area contributed by atoms with E-state index in [0.29, 0.717) is 22.7 Å². The lowest BCUT2D eigenvalue weighted by atomic mass is 10.1. The SMILES string of the molecule is Cc1ccc(NC(=O)COc2ccccc2/C=C2\C(=O)NC(=S)N(c3ccc(F)cc3)C2=O)cc1. The van der Waals surface area contributed by atoms with E-state index in [1.54, 1.807) is 36.4 Å². The smallest absolute Gasteiger partial charge is 0.270 e. The summed E-state index contributed by atoms with van der Waals surface area (Å²) in [6.07, 6.45) is 1.36. The largest absolute Gasteiger partial charge is 0.483 e. The summed E-state index contributed by atoms with van der Waals surface area (Å²) >= 11 is 5.15. The van der Waals surface area contributed by atoms with Crippen molar-refractivity contribution in [1.82, 2.24) is 5.32 Å². The first-order valence-electron chi connectivity index (χ1n) is 10.6. The molecule has 4 rings (SSSR count). The highest BCUT2D eigenvalue weighted by atomic mass is 32.1. The molecule has 1 heterocycles. The van der Waals surface area contributed by atoms with E-state index in [9.17, 15) is 18.8 Å². The Morgan fingerprint density at radius 1 is 1.06 bits per heavy atom. The molecule has 0 bridgehead atoms. The number of hydrogen-bond donors (Lipinski definition) is 2. The number of nitrogens with one attached hydrogen (secondary N) is 2. The molecule has 7 nitrogen and oxygen atoms in total. The van der Waals surface area contributed by atoms with Crippen LogP contribution in [0, 0.1) is 12.7 Å². The fourth-order valence-corrected chi connectivity index (χ4v) is 3.63. The summed E-state index contributed by atoms with van der Waals surface area (Å²) < 4.78 is 19.0. The molecule has 35 heavy (non-hydrogen) atoms. The molecule has 0 radical (unpaired) electrons. The number of ether oxygens (including phenoxy) is 1. The highest BCUT2D eigenvalue weighted by Gasteiger charge is 2.34. The molecule has 3 amide bonds. The molecule has 0 spiro atoms. The zero-order valence-electron chi connectivity index (χ0n) is 18.6.